The fourth-order valence-electron chi connectivity index (χ4n) is 3.05. The van der Waals surface area contributed by atoms with Crippen LogP contribution in [0.3, 0.4) is 0 Å². The molecule has 0 saturated carbocycles. The molecule has 0 aliphatic carbocycles. The van der Waals surface area contributed by atoms with Crippen LogP contribution in [-0.4, -0.2) is 26.6 Å². The third-order valence-electron chi connectivity index (χ3n) is 4.20. The van der Waals surface area contributed by atoms with Gasteiger partial charge in [0.1, 0.15) is 5.76 Å². The van der Waals surface area contributed by atoms with E-state index < -0.39 is 0 Å². The maximum Gasteiger partial charge on any atom is 0.244 e. The molecule has 4 rings (SSSR count). The van der Waals surface area contributed by atoms with Crippen molar-refractivity contribution in [2.75, 3.05) is 6.54 Å². The summed E-state index contributed by atoms with van der Waals surface area (Å²) in [5.41, 5.74) is 0.871. The van der Waals surface area contributed by atoms with Gasteiger partial charge in [-0.25, -0.2) is 0 Å². The zero-order chi connectivity index (χ0) is 15.5. The first kappa shape index (κ1) is 14.1. The predicted molar refractivity (Wildman–Crippen MR) is 83.2 cm³/mol. The average molecular weight is 310 g/mol. The number of furan rings is 1. The van der Waals surface area contributed by atoms with Crippen LogP contribution in [0.2, 0.25) is 0 Å². The van der Waals surface area contributed by atoms with Gasteiger partial charge < -0.3 is 8.94 Å². The zero-order valence-corrected chi connectivity index (χ0v) is 12.8. The molecule has 1 fully saturated rings. The number of pyridine rings is 1. The van der Waals surface area contributed by atoms with Gasteiger partial charge in [-0.1, -0.05) is 11.6 Å². The Morgan fingerprint density at radius 1 is 1.22 bits per heavy atom. The highest BCUT2D eigenvalue weighted by Gasteiger charge is 2.29. The summed E-state index contributed by atoms with van der Waals surface area (Å²) in [6.07, 6.45) is 8.56. The summed E-state index contributed by atoms with van der Waals surface area (Å²) in [4.78, 5) is 11.0. The lowest BCUT2D eigenvalue weighted by atomic mass is 10.0. The van der Waals surface area contributed by atoms with Crippen LogP contribution in [0.1, 0.15) is 37.0 Å². The van der Waals surface area contributed by atoms with E-state index >= 15 is 0 Å². The molecule has 1 saturated heterocycles. The van der Waals surface area contributed by atoms with Crippen LogP contribution in [0.5, 0.6) is 0 Å². The smallest absolute Gasteiger partial charge is 0.244 e. The fraction of sp³-hybridized carbons (Fsp3) is 0.353. The Kier molecular flexibility index (Phi) is 3.90. The molecule has 0 N–H and O–H groups in total. The summed E-state index contributed by atoms with van der Waals surface area (Å²) in [7, 11) is 0. The summed E-state index contributed by atoms with van der Waals surface area (Å²) in [5.74, 6) is 2.23. The Morgan fingerprint density at radius 3 is 3.04 bits per heavy atom. The number of aromatic nitrogens is 3. The number of hydrogen-bond donors (Lipinski definition) is 0. The van der Waals surface area contributed by atoms with E-state index in [9.17, 15) is 0 Å². The van der Waals surface area contributed by atoms with Gasteiger partial charge in [0.15, 0.2) is 0 Å². The van der Waals surface area contributed by atoms with Crippen molar-refractivity contribution in [1.82, 2.24) is 20.0 Å². The standard InChI is InChI=1S/C17H18N4O2/c1-2-9-21(12-14-6-4-10-22-14)15(7-1)17-19-16(20-23-17)13-5-3-8-18-11-13/h3-6,8,10-11,15H,1-2,7,9,12H2/t15-/m0/s1. The molecule has 118 valence electrons. The summed E-state index contributed by atoms with van der Waals surface area (Å²) in [5, 5.41) is 4.12. The highest BCUT2D eigenvalue weighted by Crippen LogP contribution is 2.32. The molecule has 4 heterocycles. The van der Waals surface area contributed by atoms with Gasteiger partial charge in [-0.15, -0.1) is 0 Å². The van der Waals surface area contributed by atoms with Crippen molar-refractivity contribution in [1.29, 1.82) is 0 Å². The van der Waals surface area contributed by atoms with Crippen molar-refractivity contribution in [2.24, 2.45) is 0 Å². The van der Waals surface area contributed by atoms with Crippen molar-refractivity contribution in [2.45, 2.75) is 31.8 Å². The van der Waals surface area contributed by atoms with Gasteiger partial charge in [0.05, 0.1) is 18.8 Å². The van der Waals surface area contributed by atoms with Crippen molar-refractivity contribution >= 4 is 0 Å². The molecule has 0 spiro atoms. The number of nitrogens with zero attached hydrogens (tertiary/aromatic N) is 4. The van der Waals surface area contributed by atoms with Gasteiger partial charge in [0.25, 0.3) is 0 Å². The molecule has 6 heteroatoms. The van der Waals surface area contributed by atoms with Gasteiger partial charge in [0, 0.05) is 18.0 Å². The highest BCUT2D eigenvalue weighted by atomic mass is 16.5. The Hall–Kier alpha value is -2.47. The quantitative estimate of drug-likeness (QED) is 0.735. The predicted octanol–water partition coefficient (Wildman–Crippen LogP) is 3.45. The van der Waals surface area contributed by atoms with E-state index in [2.05, 4.69) is 20.0 Å². The molecule has 1 aliphatic heterocycles. The van der Waals surface area contributed by atoms with E-state index in [0.29, 0.717) is 11.7 Å². The largest absolute Gasteiger partial charge is 0.468 e. The first-order valence-corrected chi connectivity index (χ1v) is 7.90. The molecule has 6 nitrogen and oxygen atoms in total. The minimum absolute atomic E-state index is 0.145. The molecular weight excluding hydrogens is 292 g/mol. The molecule has 1 atom stereocenters. The first-order valence-electron chi connectivity index (χ1n) is 7.90. The third kappa shape index (κ3) is 3.03. The van der Waals surface area contributed by atoms with Crippen LogP contribution >= 0.6 is 0 Å². The Labute approximate surface area is 134 Å². The van der Waals surface area contributed by atoms with Crippen LogP contribution in [0, 0.1) is 0 Å². The minimum Gasteiger partial charge on any atom is -0.468 e. The van der Waals surface area contributed by atoms with E-state index in [-0.39, 0.29) is 6.04 Å². The minimum atomic E-state index is 0.145. The molecular formula is C17H18N4O2. The molecule has 0 bridgehead atoms. The van der Waals surface area contributed by atoms with Gasteiger partial charge in [-0.05, 0) is 43.7 Å². The van der Waals surface area contributed by atoms with E-state index in [1.54, 1.807) is 18.7 Å². The number of hydrogen-bond acceptors (Lipinski definition) is 6. The number of likely N-dealkylation sites (tertiary alicyclic amines) is 1. The SMILES string of the molecule is c1cncc(-c2noc([C@@H]3CCCCN3Cc3ccco3)n2)c1. The van der Waals surface area contributed by atoms with Crippen molar-refractivity contribution < 1.29 is 8.94 Å². The van der Waals surface area contributed by atoms with Crippen LogP contribution in [0.4, 0.5) is 0 Å². The third-order valence-corrected chi connectivity index (χ3v) is 4.20. The van der Waals surface area contributed by atoms with Crippen LogP contribution in [0.15, 0.2) is 51.9 Å². The van der Waals surface area contributed by atoms with E-state index in [1.165, 1.54) is 12.8 Å². The number of rotatable bonds is 4. The normalized spacial score (nSPS) is 19.0. The summed E-state index contributed by atoms with van der Waals surface area (Å²) >= 11 is 0. The monoisotopic (exact) mass is 310 g/mol. The first-order chi connectivity index (χ1) is 11.4. The van der Waals surface area contributed by atoms with Crippen molar-refractivity contribution in [3.8, 4) is 11.4 Å². The summed E-state index contributed by atoms with van der Waals surface area (Å²) < 4.78 is 11.0. The Morgan fingerprint density at radius 2 is 2.22 bits per heavy atom. The Bertz CT molecular complexity index is 739. The second-order valence-electron chi connectivity index (χ2n) is 5.76. The second-order valence-corrected chi connectivity index (χ2v) is 5.76. The molecule has 0 radical (unpaired) electrons. The van der Waals surface area contributed by atoms with Crippen LogP contribution < -0.4 is 0 Å². The highest BCUT2D eigenvalue weighted by molar-refractivity contribution is 5.51. The lowest BCUT2D eigenvalue weighted by Gasteiger charge is -2.32. The second kappa shape index (κ2) is 6.34. The molecule has 0 amide bonds. The van der Waals surface area contributed by atoms with E-state index in [1.807, 2.05) is 24.3 Å². The summed E-state index contributed by atoms with van der Waals surface area (Å²) in [6.45, 7) is 1.78. The average Bonchev–Trinajstić information content (AvgIpc) is 3.28. The molecule has 1 aliphatic rings. The lowest BCUT2D eigenvalue weighted by Crippen LogP contribution is -2.33. The fourth-order valence-corrected chi connectivity index (χ4v) is 3.05. The molecule has 3 aromatic heterocycles. The van der Waals surface area contributed by atoms with Gasteiger partial charge in [-0.2, -0.15) is 4.98 Å². The van der Waals surface area contributed by atoms with Crippen molar-refractivity contribution in [3.05, 3.63) is 54.6 Å². The van der Waals surface area contributed by atoms with Gasteiger partial charge in [0.2, 0.25) is 11.7 Å². The molecule has 23 heavy (non-hydrogen) atoms. The lowest BCUT2D eigenvalue weighted by molar-refractivity contribution is 0.103. The molecule has 0 unspecified atom stereocenters. The maximum absolute atomic E-state index is 5.55. The zero-order valence-electron chi connectivity index (χ0n) is 12.8. The van der Waals surface area contributed by atoms with Crippen LogP contribution in [-0.2, 0) is 6.54 Å². The summed E-state index contributed by atoms with van der Waals surface area (Å²) in [6, 6.07) is 7.87. The van der Waals surface area contributed by atoms with E-state index in [4.69, 9.17) is 8.94 Å². The molecule has 0 aromatic carbocycles. The Balaban J connectivity index is 1.56. The van der Waals surface area contributed by atoms with E-state index in [0.717, 1.165) is 30.8 Å². The number of piperidine rings is 1. The van der Waals surface area contributed by atoms with Crippen LogP contribution in [0.25, 0.3) is 11.4 Å². The maximum atomic E-state index is 5.55. The van der Waals surface area contributed by atoms with Gasteiger partial charge >= 0.3 is 0 Å². The van der Waals surface area contributed by atoms with Crippen molar-refractivity contribution in [3.63, 3.8) is 0 Å². The van der Waals surface area contributed by atoms with Gasteiger partial charge in [-0.3, -0.25) is 9.88 Å². The topological polar surface area (TPSA) is 68.2 Å². The molecule has 3 aromatic rings.